The maximum absolute atomic E-state index is 12.0. The topological polar surface area (TPSA) is 58.6 Å². The fourth-order valence-corrected chi connectivity index (χ4v) is 4.03. The second-order valence-corrected chi connectivity index (χ2v) is 8.51. The van der Waals surface area contributed by atoms with Gasteiger partial charge in [-0.1, -0.05) is 96.8 Å². The van der Waals surface area contributed by atoms with Crippen LogP contribution >= 0.6 is 0 Å². The van der Waals surface area contributed by atoms with E-state index in [4.69, 9.17) is 12.6 Å². The average molecular weight is 393 g/mol. The van der Waals surface area contributed by atoms with E-state index in [0.717, 1.165) is 12.8 Å². The van der Waals surface area contributed by atoms with E-state index in [1.54, 1.807) is 0 Å². The monoisotopic (exact) mass is 393 g/mol. The van der Waals surface area contributed by atoms with Gasteiger partial charge in [0, 0.05) is 12.4 Å². The van der Waals surface area contributed by atoms with E-state index in [2.05, 4.69) is 12.2 Å². The van der Waals surface area contributed by atoms with Crippen molar-refractivity contribution >= 4 is 13.8 Å². The Morgan fingerprint density at radius 1 is 0.893 bits per heavy atom. The van der Waals surface area contributed by atoms with Crippen molar-refractivity contribution in [3.63, 3.8) is 0 Å². The summed E-state index contributed by atoms with van der Waals surface area (Å²) in [5, 5.41) is 12.2. The molecule has 3 atom stereocenters. The van der Waals surface area contributed by atoms with Crippen LogP contribution in [0.3, 0.4) is 0 Å². The maximum atomic E-state index is 12.0. The summed E-state index contributed by atoms with van der Waals surface area (Å²) < 4.78 is 5.37. The number of hydrogen-bond acceptors (Lipinski definition) is 3. The number of carbonyl (C=O) groups excluding carboxylic acids is 1. The number of ether oxygens (including phenoxy) is 1. The lowest BCUT2D eigenvalue weighted by atomic mass is 9.95. The van der Waals surface area contributed by atoms with Crippen molar-refractivity contribution in [1.82, 2.24) is 5.32 Å². The first-order chi connectivity index (χ1) is 13.7. The van der Waals surface area contributed by atoms with E-state index in [1.807, 2.05) is 0 Å². The minimum atomic E-state index is -0.381. The highest BCUT2D eigenvalue weighted by Crippen LogP contribution is 2.18. The Kier molecular flexibility index (Phi) is 15.8. The van der Waals surface area contributed by atoms with Gasteiger partial charge >= 0.3 is 0 Å². The first kappa shape index (κ1) is 25.5. The fourth-order valence-electron chi connectivity index (χ4n) is 4.03. The molecule has 1 heterocycles. The number of unbranched alkanes of at least 4 members (excludes halogenated alkanes) is 14. The largest absolute Gasteiger partial charge is 0.394 e. The molecular weight excluding hydrogens is 349 g/mol. The van der Waals surface area contributed by atoms with E-state index in [9.17, 15) is 9.90 Å². The number of amides is 1. The van der Waals surface area contributed by atoms with Crippen LogP contribution in [0.25, 0.3) is 0 Å². The molecule has 1 rings (SSSR count). The maximum Gasteiger partial charge on any atom is 0.220 e. The SMILES string of the molecule is [B][C@H]1CC(NC(=O)CCCCCCCCCCCCCCCCC)[C@@H](CO)O1. The summed E-state index contributed by atoms with van der Waals surface area (Å²) in [6, 6.07) is -0.530. The molecule has 28 heavy (non-hydrogen) atoms. The Hall–Kier alpha value is -0.545. The van der Waals surface area contributed by atoms with Gasteiger partial charge in [-0.15, -0.1) is 0 Å². The number of hydrogen-bond donors (Lipinski definition) is 2. The van der Waals surface area contributed by atoms with Crippen molar-refractivity contribution in [3.05, 3.63) is 0 Å². The summed E-state index contributed by atoms with van der Waals surface area (Å²) in [5.41, 5.74) is 0. The molecule has 4 nitrogen and oxygen atoms in total. The molecule has 1 unspecified atom stereocenters. The molecular formula is C23H44BNO3. The summed E-state index contributed by atoms with van der Waals surface area (Å²) in [6.45, 7) is 2.17. The molecule has 2 radical (unpaired) electrons. The minimum absolute atomic E-state index is 0.0517. The highest BCUT2D eigenvalue weighted by molar-refractivity contribution is 6.11. The highest BCUT2D eigenvalue weighted by atomic mass is 16.5. The third-order valence-corrected chi connectivity index (χ3v) is 5.82. The molecule has 1 aliphatic heterocycles. The Morgan fingerprint density at radius 3 is 1.82 bits per heavy atom. The van der Waals surface area contributed by atoms with Crippen LogP contribution in [0.5, 0.6) is 0 Å². The van der Waals surface area contributed by atoms with Gasteiger partial charge in [0.05, 0.1) is 12.6 Å². The molecule has 5 heteroatoms. The zero-order valence-corrected chi connectivity index (χ0v) is 18.3. The Balaban J connectivity index is 1.82. The fraction of sp³-hybridized carbons (Fsp3) is 0.957. The van der Waals surface area contributed by atoms with Crippen molar-refractivity contribution in [3.8, 4) is 0 Å². The number of aliphatic hydroxyl groups is 1. The number of rotatable bonds is 18. The van der Waals surface area contributed by atoms with Gasteiger partial charge in [0.15, 0.2) is 0 Å². The van der Waals surface area contributed by atoms with Gasteiger partial charge in [0.1, 0.15) is 14.0 Å². The molecule has 1 saturated heterocycles. The second-order valence-electron chi connectivity index (χ2n) is 8.51. The molecule has 162 valence electrons. The van der Waals surface area contributed by atoms with Crippen LogP contribution in [0, 0.1) is 0 Å². The summed E-state index contributed by atoms with van der Waals surface area (Å²) >= 11 is 0. The first-order valence-corrected chi connectivity index (χ1v) is 12.0. The van der Waals surface area contributed by atoms with Crippen molar-refractivity contribution < 1.29 is 14.6 Å². The standard InChI is InChI=1S/C23H44BNO3/c1-2-3-4-5-6-7-8-9-10-11-12-13-14-15-16-17-23(27)25-20-18-22(24)28-21(20)19-26/h20-22,26H,2-19H2,1H3,(H,25,27)/t20?,21-,22-/m1/s1. The van der Waals surface area contributed by atoms with Crippen LogP contribution in [0.2, 0.25) is 0 Å². The predicted molar refractivity (Wildman–Crippen MR) is 118 cm³/mol. The van der Waals surface area contributed by atoms with Gasteiger partial charge in [-0.25, -0.2) is 0 Å². The van der Waals surface area contributed by atoms with Crippen LogP contribution in [-0.4, -0.2) is 43.6 Å². The van der Waals surface area contributed by atoms with Gasteiger partial charge < -0.3 is 15.2 Å². The molecule has 1 amide bonds. The quantitative estimate of drug-likeness (QED) is 0.254. The summed E-state index contributed by atoms with van der Waals surface area (Å²) in [6.07, 6.45) is 20.7. The second kappa shape index (κ2) is 17.3. The van der Waals surface area contributed by atoms with Crippen molar-refractivity contribution in [2.75, 3.05) is 6.61 Å². The molecule has 1 aliphatic rings. The van der Waals surface area contributed by atoms with Crippen LogP contribution in [0.15, 0.2) is 0 Å². The van der Waals surface area contributed by atoms with Crippen molar-refractivity contribution in [1.29, 1.82) is 0 Å². The molecule has 0 aromatic rings. The van der Waals surface area contributed by atoms with E-state index in [1.165, 1.54) is 83.5 Å². The third-order valence-electron chi connectivity index (χ3n) is 5.82. The van der Waals surface area contributed by atoms with Crippen LogP contribution in [0.1, 0.15) is 116 Å². The van der Waals surface area contributed by atoms with Crippen LogP contribution in [0.4, 0.5) is 0 Å². The summed E-state index contributed by atoms with van der Waals surface area (Å²) in [4.78, 5) is 12.0. The average Bonchev–Trinajstić information content (AvgIpc) is 3.04. The van der Waals surface area contributed by atoms with Crippen LogP contribution < -0.4 is 5.32 Å². The van der Waals surface area contributed by atoms with Crippen molar-refractivity contribution in [2.24, 2.45) is 0 Å². The van der Waals surface area contributed by atoms with Gasteiger partial charge in [-0.2, -0.15) is 0 Å². The summed E-state index contributed by atoms with van der Waals surface area (Å²) in [7, 11) is 5.72. The Bertz CT molecular complexity index is 381. The minimum Gasteiger partial charge on any atom is -0.394 e. The first-order valence-electron chi connectivity index (χ1n) is 12.0. The lowest BCUT2D eigenvalue weighted by molar-refractivity contribution is -0.122. The van der Waals surface area contributed by atoms with Crippen molar-refractivity contribution in [2.45, 2.75) is 134 Å². The lowest BCUT2D eigenvalue weighted by Gasteiger charge is -2.17. The Morgan fingerprint density at radius 2 is 1.36 bits per heavy atom. The van der Waals surface area contributed by atoms with Gasteiger partial charge in [0.2, 0.25) is 5.91 Å². The summed E-state index contributed by atoms with van der Waals surface area (Å²) in [5.74, 6) is 0.0517. The van der Waals surface area contributed by atoms with Gasteiger partial charge in [-0.05, 0) is 12.8 Å². The molecule has 0 bridgehead atoms. The predicted octanol–water partition coefficient (Wildman–Crippen LogP) is 5.01. The zero-order valence-electron chi connectivity index (χ0n) is 18.3. The molecule has 0 aromatic carbocycles. The number of carbonyl (C=O) groups is 1. The number of nitrogens with one attached hydrogen (secondary N) is 1. The van der Waals surface area contributed by atoms with Gasteiger partial charge in [-0.3, -0.25) is 4.79 Å². The molecule has 2 N–H and O–H groups in total. The normalized spacial score (nSPS) is 21.9. The van der Waals surface area contributed by atoms with Gasteiger partial charge in [0.25, 0.3) is 0 Å². The van der Waals surface area contributed by atoms with E-state index in [-0.39, 0.29) is 30.7 Å². The molecule has 1 fully saturated rings. The molecule has 0 aromatic heterocycles. The zero-order chi connectivity index (χ0) is 20.5. The highest BCUT2D eigenvalue weighted by Gasteiger charge is 2.32. The van der Waals surface area contributed by atoms with E-state index < -0.39 is 0 Å². The van der Waals surface area contributed by atoms with Crippen LogP contribution in [-0.2, 0) is 9.53 Å². The molecule has 0 aliphatic carbocycles. The molecule has 0 saturated carbocycles. The van der Waals surface area contributed by atoms with E-state index in [0.29, 0.717) is 12.8 Å². The third kappa shape index (κ3) is 12.8. The lowest BCUT2D eigenvalue weighted by Crippen LogP contribution is -2.41. The number of aliphatic hydroxyl groups excluding tert-OH is 1. The van der Waals surface area contributed by atoms with E-state index >= 15 is 0 Å². The molecule has 0 spiro atoms. The Labute approximate surface area is 175 Å². The smallest absolute Gasteiger partial charge is 0.220 e.